The van der Waals surface area contributed by atoms with Gasteiger partial charge in [-0.2, -0.15) is 4.98 Å². The molecule has 7 heteroatoms. The van der Waals surface area contributed by atoms with Crippen molar-refractivity contribution in [1.82, 2.24) is 15.0 Å². The Kier molecular flexibility index (Phi) is 4.19. The maximum atomic E-state index is 13.3. The minimum atomic E-state index is -0.434. The Hall–Kier alpha value is -2.41. The van der Waals surface area contributed by atoms with Crippen molar-refractivity contribution >= 4 is 5.91 Å². The summed E-state index contributed by atoms with van der Waals surface area (Å²) >= 11 is 0. The van der Waals surface area contributed by atoms with Gasteiger partial charge in [-0.05, 0) is 37.0 Å². The van der Waals surface area contributed by atoms with Crippen molar-refractivity contribution in [2.45, 2.75) is 38.2 Å². The summed E-state index contributed by atoms with van der Waals surface area (Å²) in [5.74, 6) is 1.97. The number of aromatic nitrogens is 2. The highest BCUT2D eigenvalue weighted by atomic mass is 16.5. The van der Waals surface area contributed by atoms with Crippen molar-refractivity contribution in [2.75, 3.05) is 26.8 Å². The first kappa shape index (κ1) is 17.0. The van der Waals surface area contributed by atoms with Crippen LogP contribution in [-0.4, -0.2) is 47.8 Å². The number of aryl methyl sites for hydroxylation is 2. The van der Waals surface area contributed by atoms with Crippen molar-refractivity contribution in [3.63, 3.8) is 0 Å². The van der Waals surface area contributed by atoms with E-state index in [1.807, 2.05) is 30.0 Å². The molecule has 1 amide bonds. The Morgan fingerprint density at radius 2 is 2.15 bits per heavy atom. The van der Waals surface area contributed by atoms with E-state index in [1.165, 1.54) is 0 Å². The molecule has 1 aliphatic heterocycles. The second kappa shape index (κ2) is 6.39. The lowest BCUT2D eigenvalue weighted by atomic mass is 9.92. The number of morpholine rings is 1. The monoisotopic (exact) mass is 357 g/mol. The average Bonchev–Trinajstić information content (AvgIpc) is 3.36. The van der Waals surface area contributed by atoms with Crippen molar-refractivity contribution in [2.24, 2.45) is 0 Å². The zero-order chi connectivity index (χ0) is 18.3. The fraction of sp³-hybridized carbons (Fsp3) is 0.526. The largest absolute Gasteiger partial charge is 0.496 e. The summed E-state index contributed by atoms with van der Waals surface area (Å²) in [4.78, 5) is 19.4. The fourth-order valence-electron chi connectivity index (χ4n) is 3.61. The summed E-state index contributed by atoms with van der Waals surface area (Å²) in [7, 11) is 1.66. The number of carbonyl (C=O) groups excluding carboxylic acids is 1. The fourth-order valence-corrected chi connectivity index (χ4v) is 3.61. The molecular formula is C19H23N3O4. The lowest BCUT2D eigenvalue weighted by Gasteiger charge is -2.34. The zero-order valence-electron chi connectivity index (χ0n) is 15.3. The second-order valence-electron chi connectivity index (χ2n) is 7.05. The number of amides is 1. The van der Waals surface area contributed by atoms with Crippen LogP contribution in [0.1, 0.15) is 41.8 Å². The first-order chi connectivity index (χ1) is 12.5. The van der Waals surface area contributed by atoms with Crippen LogP contribution >= 0.6 is 0 Å². The van der Waals surface area contributed by atoms with Gasteiger partial charge in [0.2, 0.25) is 17.6 Å². The molecule has 138 valence electrons. The Labute approximate surface area is 152 Å². The van der Waals surface area contributed by atoms with Gasteiger partial charge >= 0.3 is 0 Å². The van der Waals surface area contributed by atoms with E-state index in [0.717, 1.165) is 29.7 Å². The van der Waals surface area contributed by atoms with Crippen LogP contribution < -0.4 is 4.74 Å². The number of hydrogen-bond acceptors (Lipinski definition) is 6. The molecule has 7 nitrogen and oxygen atoms in total. The third kappa shape index (κ3) is 2.86. The van der Waals surface area contributed by atoms with Crippen molar-refractivity contribution in [3.05, 3.63) is 41.0 Å². The smallest absolute Gasteiger partial charge is 0.233 e. The average molecular weight is 357 g/mol. The minimum absolute atomic E-state index is 0.150. The van der Waals surface area contributed by atoms with E-state index in [9.17, 15) is 4.79 Å². The zero-order valence-corrected chi connectivity index (χ0v) is 15.3. The van der Waals surface area contributed by atoms with Crippen LogP contribution in [0.3, 0.4) is 0 Å². The van der Waals surface area contributed by atoms with E-state index >= 15 is 0 Å². The molecule has 1 aromatic carbocycles. The van der Waals surface area contributed by atoms with Gasteiger partial charge in [-0.1, -0.05) is 17.3 Å². The van der Waals surface area contributed by atoms with E-state index in [2.05, 4.69) is 10.1 Å². The summed E-state index contributed by atoms with van der Waals surface area (Å²) in [6, 6.07) is 6.07. The van der Waals surface area contributed by atoms with Crippen LogP contribution in [0.15, 0.2) is 22.7 Å². The highest BCUT2D eigenvalue weighted by Gasteiger charge is 2.53. The normalized spacial score (nSPS) is 21.5. The van der Waals surface area contributed by atoms with E-state index in [-0.39, 0.29) is 12.0 Å². The Morgan fingerprint density at radius 1 is 1.35 bits per heavy atom. The van der Waals surface area contributed by atoms with Gasteiger partial charge in [0.1, 0.15) is 11.9 Å². The number of carbonyl (C=O) groups is 1. The molecule has 0 N–H and O–H groups in total. The molecule has 1 saturated carbocycles. The lowest BCUT2D eigenvalue weighted by molar-refractivity contribution is -0.142. The van der Waals surface area contributed by atoms with E-state index in [4.69, 9.17) is 14.0 Å². The molecule has 2 aliphatic rings. The van der Waals surface area contributed by atoms with Gasteiger partial charge in [-0.15, -0.1) is 0 Å². The van der Waals surface area contributed by atoms with Gasteiger partial charge in [0.05, 0.1) is 25.7 Å². The number of ether oxygens (including phenoxy) is 2. The highest BCUT2D eigenvalue weighted by Crippen LogP contribution is 2.50. The molecule has 1 atom stereocenters. The molecule has 1 aromatic heterocycles. The van der Waals surface area contributed by atoms with Gasteiger partial charge in [0, 0.05) is 13.5 Å². The third-order valence-electron chi connectivity index (χ3n) is 5.30. The summed E-state index contributed by atoms with van der Waals surface area (Å²) < 4.78 is 16.2. The van der Waals surface area contributed by atoms with Crippen LogP contribution in [0.2, 0.25) is 0 Å². The first-order valence-corrected chi connectivity index (χ1v) is 8.90. The second-order valence-corrected chi connectivity index (χ2v) is 7.05. The maximum Gasteiger partial charge on any atom is 0.233 e. The van der Waals surface area contributed by atoms with E-state index in [0.29, 0.717) is 31.4 Å². The molecule has 2 fully saturated rings. The molecule has 1 saturated heterocycles. The van der Waals surface area contributed by atoms with Gasteiger partial charge in [-0.3, -0.25) is 4.79 Å². The third-order valence-corrected chi connectivity index (χ3v) is 5.30. The molecule has 0 spiro atoms. The number of methoxy groups -OCH3 is 1. The van der Waals surface area contributed by atoms with Crippen molar-refractivity contribution < 1.29 is 18.8 Å². The molecule has 4 rings (SSSR count). The predicted molar refractivity (Wildman–Crippen MR) is 93.0 cm³/mol. The topological polar surface area (TPSA) is 77.7 Å². The van der Waals surface area contributed by atoms with Crippen molar-refractivity contribution in [1.29, 1.82) is 0 Å². The predicted octanol–water partition coefficient (Wildman–Crippen LogP) is 2.33. The Bertz CT molecular complexity index is 828. The van der Waals surface area contributed by atoms with Crippen LogP contribution in [0, 0.1) is 13.8 Å². The van der Waals surface area contributed by atoms with Gasteiger partial charge in [-0.25, -0.2) is 0 Å². The summed E-state index contributed by atoms with van der Waals surface area (Å²) in [6.45, 7) is 5.24. The van der Waals surface area contributed by atoms with Gasteiger partial charge in [0.15, 0.2) is 0 Å². The van der Waals surface area contributed by atoms with Crippen molar-refractivity contribution in [3.8, 4) is 5.75 Å². The highest BCUT2D eigenvalue weighted by molar-refractivity contribution is 5.91. The van der Waals surface area contributed by atoms with Crippen LogP contribution in [0.25, 0.3) is 0 Å². The Morgan fingerprint density at radius 3 is 2.81 bits per heavy atom. The molecular weight excluding hydrogens is 334 g/mol. The number of benzene rings is 1. The Balaban J connectivity index is 1.55. The van der Waals surface area contributed by atoms with Gasteiger partial charge in [0.25, 0.3) is 0 Å². The lowest BCUT2D eigenvalue weighted by Crippen LogP contribution is -2.47. The number of hydrogen-bond donors (Lipinski definition) is 0. The SMILES string of the molecule is COc1cc(C2(C(=O)N3CCO[C@@H](c4noc(C)n4)C3)CC2)ccc1C. The standard InChI is InChI=1S/C19H23N3O4/c1-12-4-5-14(10-15(12)24-3)19(6-7-19)18(23)22-8-9-25-16(11-22)17-20-13(2)26-21-17/h4-5,10,16H,6-9,11H2,1-3H3/t16-/m1/s1. The van der Waals surface area contributed by atoms with Crippen LogP contribution in [0.4, 0.5) is 0 Å². The molecule has 26 heavy (non-hydrogen) atoms. The molecule has 0 unspecified atom stereocenters. The molecule has 2 aromatic rings. The summed E-state index contributed by atoms with van der Waals surface area (Å²) in [5, 5.41) is 3.94. The molecule has 0 bridgehead atoms. The van der Waals surface area contributed by atoms with Crippen LogP contribution in [0.5, 0.6) is 5.75 Å². The molecule has 0 radical (unpaired) electrons. The molecule has 1 aliphatic carbocycles. The summed E-state index contributed by atoms with van der Waals surface area (Å²) in [6.07, 6.45) is 1.39. The minimum Gasteiger partial charge on any atom is -0.496 e. The quantitative estimate of drug-likeness (QED) is 0.836. The number of rotatable bonds is 4. The summed E-state index contributed by atoms with van der Waals surface area (Å²) in [5.41, 5.74) is 1.66. The van der Waals surface area contributed by atoms with E-state index < -0.39 is 5.41 Å². The van der Waals surface area contributed by atoms with Gasteiger partial charge < -0.3 is 18.9 Å². The molecule has 2 heterocycles. The van der Waals surface area contributed by atoms with E-state index in [1.54, 1.807) is 14.0 Å². The first-order valence-electron chi connectivity index (χ1n) is 8.90. The maximum absolute atomic E-state index is 13.3. The number of nitrogens with zero attached hydrogens (tertiary/aromatic N) is 3. The van der Waals surface area contributed by atoms with Crippen LogP contribution in [-0.2, 0) is 14.9 Å².